The third kappa shape index (κ3) is 2.79. The molecule has 6 heteroatoms. The summed E-state index contributed by atoms with van der Waals surface area (Å²) in [6.45, 7) is 2.47. The first kappa shape index (κ1) is 13.2. The monoisotopic (exact) mass is 261 g/mol. The summed E-state index contributed by atoms with van der Waals surface area (Å²) in [7, 11) is 1.80. The van der Waals surface area contributed by atoms with E-state index < -0.39 is 4.92 Å². The molecule has 0 saturated heterocycles. The van der Waals surface area contributed by atoms with Gasteiger partial charge in [0.05, 0.1) is 15.8 Å². The number of fused-ring (bicyclic) bond motifs is 1. The Kier molecular flexibility index (Phi) is 3.91. The van der Waals surface area contributed by atoms with Crippen LogP contribution in [-0.2, 0) is 0 Å². The van der Waals surface area contributed by atoms with Crippen LogP contribution in [0.25, 0.3) is 10.9 Å². The summed E-state index contributed by atoms with van der Waals surface area (Å²) < 4.78 is 5.62. The van der Waals surface area contributed by atoms with Gasteiger partial charge >= 0.3 is 5.69 Å². The van der Waals surface area contributed by atoms with Gasteiger partial charge in [-0.05, 0) is 38.2 Å². The molecular formula is C13H15N3O3. The molecular weight excluding hydrogens is 246 g/mol. The van der Waals surface area contributed by atoms with Crippen molar-refractivity contribution in [2.75, 3.05) is 13.6 Å². The fourth-order valence-corrected chi connectivity index (χ4v) is 1.95. The van der Waals surface area contributed by atoms with E-state index in [1.165, 1.54) is 0 Å². The van der Waals surface area contributed by atoms with Crippen LogP contribution in [0.15, 0.2) is 30.5 Å². The molecule has 1 N–H and O–H groups in total. The zero-order valence-corrected chi connectivity index (χ0v) is 10.8. The van der Waals surface area contributed by atoms with E-state index in [4.69, 9.17) is 4.74 Å². The first-order chi connectivity index (χ1) is 9.13. The maximum Gasteiger partial charge on any atom is 0.320 e. The highest BCUT2D eigenvalue weighted by Crippen LogP contribution is 2.34. The maximum absolute atomic E-state index is 11.3. The molecule has 100 valence electrons. The Bertz CT molecular complexity index is 601. The van der Waals surface area contributed by atoms with Gasteiger partial charge in [0.25, 0.3) is 0 Å². The Hall–Kier alpha value is -2.21. The second-order valence-corrected chi connectivity index (χ2v) is 4.23. The van der Waals surface area contributed by atoms with E-state index in [0.29, 0.717) is 17.4 Å². The molecule has 0 amide bonds. The minimum atomic E-state index is -0.425. The van der Waals surface area contributed by atoms with Crippen molar-refractivity contribution in [3.8, 4) is 5.75 Å². The Balaban J connectivity index is 2.49. The number of nitro benzene ring substituents is 1. The van der Waals surface area contributed by atoms with E-state index in [9.17, 15) is 10.1 Å². The van der Waals surface area contributed by atoms with Crippen molar-refractivity contribution in [2.45, 2.75) is 13.0 Å². The molecule has 0 radical (unpaired) electrons. The van der Waals surface area contributed by atoms with Crippen LogP contribution in [0.3, 0.4) is 0 Å². The quantitative estimate of drug-likeness (QED) is 0.659. The number of hydrogen-bond donors (Lipinski definition) is 1. The summed E-state index contributed by atoms with van der Waals surface area (Å²) in [5, 5.41) is 14.7. The van der Waals surface area contributed by atoms with Gasteiger partial charge in [-0.15, -0.1) is 0 Å². The van der Waals surface area contributed by atoms with Gasteiger partial charge in [0.15, 0.2) is 5.75 Å². The number of pyridine rings is 1. The zero-order valence-electron chi connectivity index (χ0n) is 10.8. The van der Waals surface area contributed by atoms with E-state index in [-0.39, 0.29) is 17.5 Å². The second kappa shape index (κ2) is 5.62. The highest BCUT2D eigenvalue weighted by atomic mass is 16.6. The van der Waals surface area contributed by atoms with Crippen molar-refractivity contribution < 1.29 is 9.66 Å². The van der Waals surface area contributed by atoms with Crippen molar-refractivity contribution >= 4 is 16.6 Å². The molecule has 1 unspecified atom stereocenters. The summed E-state index contributed by atoms with van der Waals surface area (Å²) in [4.78, 5) is 14.9. The zero-order chi connectivity index (χ0) is 13.8. The van der Waals surface area contributed by atoms with Crippen molar-refractivity contribution in [3.63, 3.8) is 0 Å². The number of aromatic nitrogens is 1. The van der Waals surface area contributed by atoms with Crippen LogP contribution >= 0.6 is 0 Å². The summed E-state index contributed by atoms with van der Waals surface area (Å²) in [6, 6.07) is 6.68. The fraction of sp³-hybridized carbons (Fsp3) is 0.308. The van der Waals surface area contributed by atoms with Crippen molar-refractivity contribution in [1.29, 1.82) is 0 Å². The molecule has 0 aliphatic carbocycles. The first-order valence-electron chi connectivity index (χ1n) is 5.97. The van der Waals surface area contributed by atoms with Gasteiger partial charge < -0.3 is 10.1 Å². The van der Waals surface area contributed by atoms with E-state index in [2.05, 4.69) is 10.3 Å². The number of hydrogen-bond acceptors (Lipinski definition) is 5. The van der Waals surface area contributed by atoms with Crippen LogP contribution in [0.2, 0.25) is 0 Å². The first-order valence-corrected chi connectivity index (χ1v) is 5.97. The predicted molar refractivity (Wildman–Crippen MR) is 72.4 cm³/mol. The molecule has 0 aliphatic heterocycles. The van der Waals surface area contributed by atoms with Crippen LogP contribution < -0.4 is 10.1 Å². The number of nitrogens with zero attached hydrogens (tertiary/aromatic N) is 2. The van der Waals surface area contributed by atoms with Crippen molar-refractivity contribution in [2.24, 2.45) is 0 Å². The molecule has 1 aromatic carbocycles. The smallest absolute Gasteiger partial charge is 0.320 e. The largest absolute Gasteiger partial charge is 0.482 e. The number of ether oxygens (including phenoxy) is 1. The SMILES string of the molecule is CNCC(C)Oc1ccc2ncccc2c1[N+](=O)[O-]. The molecule has 19 heavy (non-hydrogen) atoms. The Morgan fingerprint density at radius 3 is 2.95 bits per heavy atom. The number of nitro groups is 1. The topological polar surface area (TPSA) is 77.3 Å². The van der Waals surface area contributed by atoms with E-state index in [1.54, 1.807) is 37.5 Å². The van der Waals surface area contributed by atoms with Gasteiger partial charge in [-0.2, -0.15) is 0 Å². The third-order valence-corrected chi connectivity index (χ3v) is 2.72. The van der Waals surface area contributed by atoms with Crippen LogP contribution in [0.5, 0.6) is 5.75 Å². The van der Waals surface area contributed by atoms with Crippen molar-refractivity contribution in [1.82, 2.24) is 10.3 Å². The second-order valence-electron chi connectivity index (χ2n) is 4.23. The third-order valence-electron chi connectivity index (χ3n) is 2.72. The van der Waals surface area contributed by atoms with Crippen LogP contribution in [0, 0.1) is 10.1 Å². The van der Waals surface area contributed by atoms with E-state index >= 15 is 0 Å². The Morgan fingerprint density at radius 2 is 2.26 bits per heavy atom. The van der Waals surface area contributed by atoms with Crippen LogP contribution in [0.1, 0.15) is 6.92 Å². The lowest BCUT2D eigenvalue weighted by Gasteiger charge is -2.14. The highest BCUT2D eigenvalue weighted by molar-refractivity contribution is 5.90. The summed E-state index contributed by atoms with van der Waals surface area (Å²) in [6.07, 6.45) is 1.45. The highest BCUT2D eigenvalue weighted by Gasteiger charge is 2.21. The minimum absolute atomic E-state index is 0.0337. The molecule has 0 saturated carbocycles. The van der Waals surface area contributed by atoms with Gasteiger partial charge in [0, 0.05) is 12.7 Å². The standard InChI is InChI=1S/C13H15N3O3/c1-9(8-14-2)19-12-6-5-11-10(4-3-7-15-11)13(12)16(17)18/h3-7,9,14H,8H2,1-2H3. The van der Waals surface area contributed by atoms with Gasteiger partial charge in [0.1, 0.15) is 6.10 Å². The number of likely N-dealkylation sites (N-methyl/N-ethyl adjacent to an activating group) is 1. The molecule has 0 aliphatic rings. The molecule has 1 heterocycles. The lowest BCUT2D eigenvalue weighted by atomic mass is 10.1. The molecule has 0 bridgehead atoms. The lowest BCUT2D eigenvalue weighted by molar-refractivity contribution is -0.384. The molecule has 0 fully saturated rings. The Morgan fingerprint density at radius 1 is 1.47 bits per heavy atom. The molecule has 2 rings (SSSR count). The molecule has 1 aromatic heterocycles. The van der Waals surface area contributed by atoms with Gasteiger partial charge in [-0.1, -0.05) is 0 Å². The average molecular weight is 261 g/mol. The van der Waals surface area contributed by atoms with Gasteiger partial charge in [0.2, 0.25) is 0 Å². The van der Waals surface area contributed by atoms with Gasteiger partial charge in [-0.3, -0.25) is 15.1 Å². The molecule has 2 aromatic rings. The molecule has 6 nitrogen and oxygen atoms in total. The number of rotatable bonds is 5. The Labute approximate surface area is 110 Å². The summed E-state index contributed by atoms with van der Waals surface area (Å²) in [5.74, 6) is 0.272. The van der Waals surface area contributed by atoms with Gasteiger partial charge in [-0.25, -0.2) is 0 Å². The van der Waals surface area contributed by atoms with Crippen molar-refractivity contribution in [3.05, 3.63) is 40.6 Å². The molecule has 1 atom stereocenters. The maximum atomic E-state index is 11.3. The average Bonchev–Trinajstić information content (AvgIpc) is 2.38. The van der Waals surface area contributed by atoms with Crippen LogP contribution in [0.4, 0.5) is 5.69 Å². The van der Waals surface area contributed by atoms with Crippen LogP contribution in [-0.4, -0.2) is 29.6 Å². The van der Waals surface area contributed by atoms with E-state index in [1.807, 2.05) is 6.92 Å². The lowest BCUT2D eigenvalue weighted by Crippen LogP contribution is -2.26. The molecule has 0 spiro atoms. The van der Waals surface area contributed by atoms with E-state index in [0.717, 1.165) is 0 Å². The number of benzene rings is 1. The summed E-state index contributed by atoms with van der Waals surface area (Å²) in [5.41, 5.74) is 0.552. The summed E-state index contributed by atoms with van der Waals surface area (Å²) >= 11 is 0. The minimum Gasteiger partial charge on any atom is -0.482 e. The fourth-order valence-electron chi connectivity index (χ4n) is 1.95. The normalized spacial score (nSPS) is 12.3. The predicted octanol–water partition coefficient (Wildman–Crippen LogP) is 2.13. The number of nitrogens with one attached hydrogen (secondary N) is 1.